The smallest absolute Gasteiger partial charge is 0.0575 e. The molecule has 2 aromatic rings. The Bertz CT molecular complexity index is 462. The van der Waals surface area contributed by atoms with E-state index in [0.29, 0.717) is 0 Å². The molecule has 3 nitrogen and oxygen atoms in total. The lowest BCUT2D eigenvalue weighted by atomic mass is 10.3. The Labute approximate surface area is 110 Å². The van der Waals surface area contributed by atoms with E-state index >= 15 is 0 Å². The number of aryl methyl sites for hydroxylation is 1. The fourth-order valence-corrected chi connectivity index (χ4v) is 1.95. The number of anilines is 1. The average molecular weight is 294 g/mol. The van der Waals surface area contributed by atoms with Gasteiger partial charge in [-0.3, -0.25) is 4.68 Å². The van der Waals surface area contributed by atoms with Gasteiger partial charge in [0.1, 0.15) is 0 Å². The second kappa shape index (κ2) is 5.87. The molecule has 0 aliphatic rings. The number of nitrogens with one attached hydrogen (secondary N) is 1. The van der Waals surface area contributed by atoms with Crippen LogP contribution in [-0.4, -0.2) is 9.78 Å². The Morgan fingerprint density at radius 1 is 1.24 bits per heavy atom. The number of rotatable bonds is 5. The summed E-state index contributed by atoms with van der Waals surface area (Å²) in [5.74, 6) is 0. The first-order valence-electron chi connectivity index (χ1n) is 5.79. The first kappa shape index (κ1) is 12.2. The Morgan fingerprint density at radius 2 is 2.00 bits per heavy atom. The van der Waals surface area contributed by atoms with Crippen molar-refractivity contribution in [2.24, 2.45) is 0 Å². The number of benzene rings is 1. The van der Waals surface area contributed by atoms with E-state index in [1.54, 1.807) is 0 Å². The highest BCUT2D eigenvalue weighted by Gasteiger charge is 2.01. The Hall–Kier alpha value is -1.29. The normalized spacial score (nSPS) is 10.5. The molecule has 0 spiro atoms. The standard InChI is InChI=1S/C13H16BrN3/c1-2-9-17-13(7-8-16-17)10-15-12-5-3-11(14)4-6-12/h3-8,15H,2,9-10H2,1H3. The van der Waals surface area contributed by atoms with Crippen molar-refractivity contribution in [2.75, 3.05) is 5.32 Å². The van der Waals surface area contributed by atoms with E-state index in [0.717, 1.165) is 29.7 Å². The third kappa shape index (κ3) is 3.33. The lowest BCUT2D eigenvalue weighted by molar-refractivity contribution is 0.578. The van der Waals surface area contributed by atoms with E-state index in [-0.39, 0.29) is 0 Å². The van der Waals surface area contributed by atoms with E-state index in [1.165, 1.54) is 5.69 Å². The van der Waals surface area contributed by atoms with Crippen molar-refractivity contribution in [3.8, 4) is 0 Å². The van der Waals surface area contributed by atoms with Crippen LogP contribution in [0.25, 0.3) is 0 Å². The topological polar surface area (TPSA) is 29.9 Å². The molecule has 0 saturated carbocycles. The average Bonchev–Trinajstić information content (AvgIpc) is 2.77. The first-order valence-corrected chi connectivity index (χ1v) is 6.59. The van der Waals surface area contributed by atoms with E-state index in [9.17, 15) is 0 Å². The van der Waals surface area contributed by atoms with Crippen LogP contribution < -0.4 is 5.32 Å². The van der Waals surface area contributed by atoms with Gasteiger partial charge >= 0.3 is 0 Å². The second-order valence-electron chi connectivity index (χ2n) is 3.91. The van der Waals surface area contributed by atoms with Crippen molar-refractivity contribution >= 4 is 21.6 Å². The number of nitrogens with zero attached hydrogens (tertiary/aromatic N) is 2. The summed E-state index contributed by atoms with van der Waals surface area (Å²) in [6, 6.07) is 10.2. The van der Waals surface area contributed by atoms with Gasteiger partial charge in [-0.05, 0) is 36.8 Å². The van der Waals surface area contributed by atoms with Crippen LogP contribution in [0.4, 0.5) is 5.69 Å². The highest BCUT2D eigenvalue weighted by atomic mass is 79.9. The SMILES string of the molecule is CCCn1nccc1CNc1ccc(Br)cc1. The maximum atomic E-state index is 4.30. The van der Waals surface area contributed by atoms with Gasteiger partial charge in [0.05, 0.1) is 12.2 Å². The maximum Gasteiger partial charge on any atom is 0.0575 e. The van der Waals surface area contributed by atoms with Crippen molar-refractivity contribution in [3.63, 3.8) is 0 Å². The lowest BCUT2D eigenvalue weighted by Gasteiger charge is -2.08. The summed E-state index contributed by atoms with van der Waals surface area (Å²) in [5, 5.41) is 7.69. The molecule has 4 heteroatoms. The zero-order valence-electron chi connectivity index (χ0n) is 9.86. The molecule has 0 atom stereocenters. The van der Waals surface area contributed by atoms with Gasteiger partial charge in [0.15, 0.2) is 0 Å². The van der Waals surface area contributed by atoms with Crippen LogP contribution >= 0.6 is 15.9 Å². The maximum absolute atomic E-state index is 4.30. The molecule has 17 heavy (non-hydrogen) atoms. The van der Waals surface area contributed by atoms with Crippen molar-refractivity contribution in [3.05, 3.63) is 46.7 Å². The van der Waals surface area contributed by atoms with E-state index in [4.69, 9.17) is 0 Å². The minimum absolute atomic E-state index is 0.807. The van der Waals surface area contributed by atoms with Gasteiger partial charge in [-0.25, -0.2) is 0 Å². The summed E-state index contributed by atoms with van der Waals surface area (Å²) in [6.07, 6.45) is 2.96. The fourth-order valence-electron chi connectivity index (χ4n) is 1.68. The predicted molar refractivity (Wildman–Crippen MR) is 74.0 cm³/mol. The zero-order valence-corrected chi connectivity index (χ0v) is 11.4. The van der Waals surface area contributed by atoms with Crippen LogP contribution in [0.15, 0.2) is 41.0 Å². The summed E-state index contributed by atoms with van der Waals surface area (Å²) in [5.41, 5.74) is 2.34. The van der Waals surface area contributed by atoms with E-state index < -0.39 is 0 Å². The molecule has 0 bridgehead atoms. The molecule has 0 radical (unpaired) electrons. The molecule has 0 amide bonds. The van der Waals surface area contributed by atoms with Gasteiger partial charge < -0.3 is 5.32 Å². The second-order valence-corrected chi connectivity index (χ2v) is 4.82. The van der Waals surface area contributed by atoms with Gasteiger partial charge in [0.2, 0.25) is 0 Å². The summed E-state index contributed by atoms with van der Waals surface area (Å²) in [6.45, 7) is 3.94. The number of hydrogen-bond donors (Lipinski definition) is 1. The predicted octanol–water partition coefficient (Wildman–Crippen LogP) is 3.67. The number of hydrogen-bond acceptors (Lipinski definition) is 2. The van der Waals surface area contributed by atoms with Gasteiger partial charge in [-0.2, -0.15) is 5.10 Å². The van der Waals surface area contributed by atoms with Crippen LogP contribution in [0.5, 0.6) is 0 Å². The Kier molecular flexibility index (Phi) is 4.20. The summed E-state index contributed by atoms with van der Waals surface area (Å²) in [4.78, 5) is 0. The molecule has 1 aromatic carbocycles. The molecule has 0 aliphatic heterocycles. The summed E-state index contributed by atoms with van der Waals surface area (Å²) >= 11 is 3.43. The van der Waals surface area contributed by atoms with Crippen molar-refractivity contribution < 1.29 is 0 Å². The quantitative estimate of drug-likeness (QED) is 0.912. The van der Waals surface area contributed by atoms with Gasteiger partial charge in [-0.15, -0.1) is 0 Å². The van der Waals surface area contributed by atoms with Crippen LogP contribution in [0, 0.1) is 0 Å². The Balaban J connectivity index is 1.97. The van der Waals surface area contributed by atoms with Crippen molar-refractivity contribution in [2.45, 2.75) is 26.4 Å². The third-order valence-electron chi connectivity index (χ3n) is 2.56. The molecule has 0 unspecified atom stereocenters. The monoisotopic (exact) mass is 293 g/mol. The van der Waals surface area contributed by atoms with Crippen molar-refractivity contribution in [1.82, 2.24) is 9.78 Å². The van der Waals surface area contributed by atoms with Gasteiger partial charge in [0.25, 0.3) is 0 Å². The zero-order chi connectivity index (χ0) is 12.1. The van der Waals surface area contributed by atoms with Crippen LogP contribution in [0.1, 0.15) is 19.0 Å². The highest BCUT2D eigenvalue weighted by molar-refractivity contribution is 9.10. The van der Waals surface area contributed by atoms with Gasteiger partial charge in [0, 0.05) is 22.9 Å². The number of halogens is 1. The molecule has 2 rings (SSSR count). The van der Waals surface area contributed by atoms with Crippen LogP contribution in [0.2, 0.25) is 0 Å². The largest absolute Gasteiger partial charge is 0.379 e. The summed E-state index contributed by atoms with van der Waals surface area (Å²) < 4.78 is 3.14. The fraction of sp³-hybridized carbons (Fsp3) is 0.308. The van der Waals surface area contributed by atoms with Crippen molar-refractivity contribution in [1.29, 1.82) is 0 Å². The van der Waals surface area contributed by atoms with Crippen LogP contribution in [0.3, 0.4) is 0 Å². The first-order chi connectivity index (χ1) is 8.29. The van der Waals surface area contributed by atoms with Crippen LogP contribution in [-0.2, 0) is 13.1 Å². The minimum atomic E-state index is 0.807. The molecule has 0 saturated heterocycles. The van der Waals surface area contributed by atoms with E-state index in [2.05, 4.69) is 51.5 Å². The lowest BCUT2D eigenvalue weighted by Crippen LogP contribution is -2.08. The molecular weight excluding hydrogens is 278 g/mol. The molecule has 1 aromatic heterocycles. The van der Waals surface area contributed by atoms with Gasteiger partial charge in [-0.1, -0.05) is 22.9 Å². The van der Waals surface area contributed by atoms with E-state index in [1.807, 2.05) is 23.0 Å². The molecule has 1 N–H and O–H groups in total. The summed E-state index contributed by atoms with van der Waals surface area (Å²) in [7, 11) is 0. The minimum Gasteiger partial charge on any atom is -0.379 e. The molecular formula is C13H16BrN3. The highest BCUT2D eigenvalue weighted by Crippen LogP contribution is 2.15. The Morgan fingerprint density at radius 3 is 2.71 bits per heavy atom. The molecule has 1 heterocycles. The third-order valence-corrected chi connectivity index (χ3v) is 3.09. The number of aromatic nitrogens is 2. The molecule has 0 fully saturated rings. The molecule has 0 aliphatic carbocycles. The molecule has 90 valence electrons.